The van der Waals surface area contributed by atoms with Crippen molar-refractivity contribution in [1.82, 2.24) is 19.4 Å². The third-order valence-electron chi connectivity index (χ3n) is 4.09. The Labute approximate surface area is 137 Å². The number of carbonyl (C=O) groups is 1. The summed E-state index contributed by atoms with van der Waals surface area (Å²) in [7, 11) is 0. The Morgan fingerprint density at radius 1 is 1.43 bits per heavy atom. The van der Waals surface area contributed by atoms with Gasteiger partial charge in [-0.3, -0.25) is 4.79 Å². The van der Waals surface area contributed by atoms with Crippen LogP contribution in [-0.4, -0.2) is 38.4 Å². The maximum atomic E-state index is 12.7. The van der Waals surface area contributed by atoms with Crippen LogP contribution in [0, 0.1) is 0 Å². The van der Waals surface area contributed by atoms with Crippen molar-refractivity contribution in [3.63, 3.8) is 0 Å². The largest absolute Gasteiger partial charge is 0.462 e. The van der Waals surface area contributed by atoms with Crippen molar-refractivity contribution >= 4 is 17.2 Å². The Morgan fingerprint density at radius 3 is 3.17 bits per heavy atom. The number of nitrogens with zero attached hydrogens (tertiary/aromatic N) is 4. The molecular weight excluding hydrogens is 312 g/mol. The summed E-state index contributed by atoms with van der Waals surface area (Å²) in [5, 5.41) is 2.54. The topological polar surface area (TPSA) is 64.2 Å². The summed E-state index contributed by atoms with van der Waals surface area (Å²) in [6.07, 6.45) is 9.21. The monoisotopic (exact) mass is 328 g/mol. The molecule has 0 unspecified atom stereocenters. The van der Waals surface area contributed by atoms with Gasteiger partial charge in [0, 0.05) is 30.9 Å². The van der Waals surface area contributed by atoms with Gasteiger partial charge in [0.05, 0.1) is 18.6 Å². The van der Waals surface area contributed by atoms with E-state index in [0.29, 0.717) is 24.0 Å². The van der Waals surface area contributed by atoms with E-state index in [1.807, 2.05) is 29.6 Å². The summed E-state index contributed by atoms with van der Waals surface area (Å²) in [5.74, 6) is 0.688. The van der Waals surface area contributed by atoms with Crippen LogP contribution >= 0.6 is 11.3 Å². The molecule has 1 aliphatic heterocycles. The van der Waals surface area contributed by atoms with E-state index in [1.54, 1.807) is 17.8 Å². The maximum absolute atomic E-state index is 12.7. The number of hydrogen-bond acceptors (Lipinski definition) is 5. The number of furan rings is 1. The highest BCUT2D eigenvalue weighted by atomic mass is 32.1. The Kier molecular flexibility index (Phi) is 3.70. The predicted molar refractivity (Wildman–Crippen MR) is 86.2 cm³/mol. The minimum Gasteiger partial charge on any atom is -0.462 e. The van der Waals surface area contributed by atoms with Crippen LogP contribution in [0.3, 0.4) is 0 Å². The smallest absolute Gasteiger partial charge is 0.273 e. The second-order valence-electron chi connectivity index (χ2n) is 5.57. The van der Waals surface area contributed by atoms with Gasteiger partial charge in [-0.25, -0.2) is 9.97 Å². The van der Waals surface area contributed by atoms with Gasteiger partial charge in [-0.2, -0.15) is 0 Å². The molecule has 0 aromatic carbocycles. The molecule has 7 heteroatoms. The van der Waals surface area contributed by atoms with E-state index >= 15 is 0 Å². The average molecular weight is 328 g/mol. The van der Waals surface area contributed by atoms with Crippen molar-refractivity contribution in [2.45, 2.75) is 18.9 Å². The minimum absolute atomic E-state index is 0.0103. The zero-order chi connectivity index (χ0) is 15.6. The summed E-state index contributed by atoms with van der Waals surface area (Å²) >= 11 is 1.43. The van der Waals surface area contributed by atoms with Gasteiger partial charge in [-0.05, 0) is 25.0 Å². The molecule has 23 heavy (non-hydrogen) atoms. The lowest BCUT2D eigenvalue weighted by molar-refractivity contribution is 0.0674. The molecule has 0 spiro atoms. The molecule has 0 radical (unpaired) electrons. The first-order valence-electron chi connectivity index (χ1n) is 7.57. The number of likely N-dealkylation sites (tertiary alicyclic amines) is 1. The van der Waals surface area contributed by atoms with Gasteiger partial charge < -0.3 is 13.9 Å². The second kappa shape index (κ2) is 6.00. The van der Waals surface area contributed by atoms with E-state index < -0.39 is 0 Å². The highest BCUT2D eigenvalue weighted by Gasteiger charge is 2.26. The molecule has 0 saturated carbocycles. The molecule has 1 saturated heterocycles. The number of rotatable bonds is 3. The highest BCUT2D eigenvalue weighted by molar-refractivity contribution is 7.13. The van der Waals surface area contributed by atoms with Crippen LogP contribution in [-0.2, 0) is 0 Å². The Morgan fingerprint density at radius 2 is 2.39 bits per heavy atom. The molecule has 0 bridgehead atoms. The number of aromatic nitrogens is 3. The highest BCUT2D eigenvalue weighted by Crippen LogP contribution is 2.26. The average Bonchev–Trinajstić information content (AvgIpc) is 3.36. The summed E-state index contributed by atoms with van der Waals surface area (Å²) in [6, 6.07) is 3.96. The van der Waals surface area contributed by atoms with E-state index in [-0.39, 0.29) is 5.91 Å². The van der Waals surface area contributed by atoms with Gasteiger partial charge in [0.25, 0.3) is 5.91 Å². The number of carbonyl (C=O) groups excluding carboxylic acids is 1. The Balaban J connectivity index is 1.50. The normalized spacial score (nSPS) is 18.3. The van der Waals surface area contributed by atoms with Crippen LogP contribution in [0.2, 0.25) is 0 Å². The van der Waals surface area contributed by atoms with Crippen molar-refractivity contribution in [3.8, 4) is 10.8 Å². The zero-order valence-electron chi connectivity index (χ0n) is 12.5. The number of amides is 1. The number of hydrogen-bond donors (Lipinski definition) is 0. The van der Waals surface area contributed by atoms with Gasteiger partial charge in [0.1, 0.15) is 5.69 Å². The number of piperidine rings is 1. The quantitative estimate of drug-likeness (QED) is 0.741. The lowest BCUT2D eigenvalue weighted by Gasteiger charge is -2.32. The first kappa shape index (κ1) is 14.2. The lowest BCUT2D eigenvalue weighted by Crippen LogP contribution is -2.40. The first-order chi connectivity index (χ1) is 11.3. The summed E-state index contributed by atoms with van der Waals surface area (Å²) < 4.78 is 7.41. The van der Waals surface area contributed by atoms with Crippen LogP contribution < -0.4 is 0 Å². The van der Waals surface area contributed by atoms with Crippen molar-refractivity contribution < 1.29 is 9.21 Å². The summed E-state index contributed by atoms with van der Waals surface area (Å²) in [6.45, 7) is 1.47. The lowest BCUT2D eigenvalue weighted by atomic mass is 10.1. The van der Waals surface area contributed by atoms with Gasteiger partial charge >= 0.3 is 0 Å². The Bertz CT molecular complexity index is 779. The van der Waals surface area contributed by atoms with Crippen molar-refractivity contribution in [2.75, 3.05) is 13.1 Å². The predicted octanol–water partition coefficient (Wildman–Crippen LogP) is 3.08. The van der Waals surface area contributed by atoms with Crippen LogP contribution in [0.15, 0.2) is 46.9 Å². The fourth-order valence-electron chi connectivity index (χ4n) is 2.92. The van der Waals surface area contributed by atoms with E-state index in [2.05, 4.69) is 14.5 Å². The molecule has 4 rings (SSSR count). The number of imidazole rings is 1. The van der Waals surface area contributed by atoms with Crippen LogP contribution in [0.5, 0.6) is 0 Å². The molecule has 1 fully saturated rings. The molecule has 1 atom stereocenters. The third kappa shape index (κ3) is 2.79. The fraction of sp³-hybridized carbons (Fsp3) is 0.312. The van der Waals surface area contributed by atoms with E-state index in [1.165, 1.54) is 11.3 Å². The van der Waals surface area contributed by atoms with Crippen LogP contribution in [0.1, 0.15) is 29.4 Å². The first-order valence-corrected chi connectivity index (χ1v) is 8.45. The van der Waals surface area contributed by atoms with Crippen molar-refractivity contribution in [1.29, 1.82) is 0 Å². The molecule has 3 aromatic rings. The fourth-order valence-corrected chi connectivity index (χ4v) is 3.68. The standard InChI is InChI=1S/C16H16N4O2S/c21-16(13-10-23-15(18-13)14-4-2-8-22-14)19-6-1-3-12(9-19)20-7-5-17-11-20/h2,4-5,7-8,10-12H,1,3,6,9H2/t12-/m0/s1. The Hall–Kier alpha value is -2.41. The van der Waals surface area contributed by atoms with E-state index in [4.69, 9.17) is 4.42 Å². The maximum Gasteiger partial charge on any atom is 0.273 e. The molecule has 4 heterocycles. The SMILES string of the molecule is O=C(c1csc(-c2ccco2)n1)N1CCC[C@H](n2ccnc2)C1. The minimum atomic E-state index is -0.0103. The van der Waals surface area contributed by atoms with Gasteiger partial charge in [0.2, 0.25) is 0 Å². The van der Waals surface area contributed by atoms with Gasteiger partial charge in [-0.1, -0.05) is 0 Å². The van der Waals surface area contributed by atoms with Crippen LogP contribution in [0.25, 0.3) is 10.8 Å². The third-order valence-corrected chi connectivity index (χ3v) is 4.94. The van der Waals surface area contributed by atoms with E-state index in [0.717, 1.165) is 24.4 Å². The molecule has 0 N–H and O–H groups in total. The summed E-state index contributed by atoms with van der Waals surface area (Å²) in [5.41, 5.74) is 0.493. The second-order valence-corrected chi connectivity index (χ2v) is 6.43. The van der Waals surface area contributed by atoms with E-state index in [9.17, 15) is 4.79 Å². The summed E-state index contributed by atoms with van der Waals surface area (Å²) in [4.78, 5) is 23.1. The molecule has 1 aliphatic rings. The molecular formula is C16H16N4O2S. The molecule has 118 valence electrons. The zero-order valence-corrected chi connectivity index (χ0v) is 13.3. The van der Waals surface area contributed by atoms with Crippen molar-refractivity contribution in [3.05, 3.63) is 48.2 Å². The van der Waals surface area contributed by atoms with Gasteiger partial charge in [0.15, 0.2) is 10.8 Å². The molecule has 1 amide bonds. The molecule has 3 aromatic heterocycles. The van der Waals surface area contributed by atoms with Gasteiger partial charge in [-0.15, -0.1) is 11.3 Å². The number of thiazole rings is 1. The van der Waals surface area contributed by atoms with Crippen molar-refractivity contribution in [2.24, 2.45) is 0 Å². The molecule has 0 aliphatic carbocycles. The molecule has 6 nitrogen and oxygen atoms in total. The van der Waals surface area contributed by atoms with Crippen LogP contribution in [0.4, 0.5) is 0 Å².